The van der Waals surface area contributed by atoms with Crippen molar-refractivity contribution in [3.8, 4) is 0 Å². The molecule has 3 heteroatoms. The van der Waals surface area contributed by atoms with E-state index in [4.69, 9.17) is 11.6 Å². The second-order valence-electron chi connectivity index (χ2n) is 5.94. The van der Waals surface area contributed by atoms with E-state index in [1.54, 1.807) is 0 Å². The number of hydrogen-bond donors (Lipinski definition) is 0. The molecule has 1 heterocycles. The molecule has 1 aromatic heterocycles. The summed E-state index contributed by atoms with van der Waals surface area (Å²) in [6, 6.07) is 23.1. The van der Waals surface area contributed by atoms with Crippen molar-refractivity contribution in [2.75, 3.05) is 4.90 Å². The maximum atomic E-state index is 5.94. The summed E-state index contributed by atoms with van der Waals surface area (Å²) in [6.45, 7) is 3.75. The lowest BCUT2D eigenvalue weighted by molar-refractivity contribution is 0.778. The zero-order valence-electron chi connectivity index (χ0n) is 13.8. The second kappa shape index (κ2) is 7.98. The van der Waals surface area contributed by atoms with E-state index >= 15 is 0 Å². The predicted molar refractivity (Wildman–Crippen MR) is 101 cm³/mol. The van der Waals surface area contributed by atoms with Crippen LogP contribution in [0.5, 0.6) is 0 Å². The van der Waals surface area contributed by atoms with Gasteiger partial charge < -0.3 is 4.90 Å². The van der Waals surface area contributed by atoms with Crippen molar-refractivity contribution in [1.29, 1.82) is 0 Å². The minimum atomic E-state index is 0.492. The zero-order chi connectivity index (χ0) is 16.8. The van der Waals surface area contributed by atoms with Crippen LogP contribution in [0.25, 0.3) is 0 Å². The highest BCUT2D eigenvalue weighted by molar-refractivity contribution is 6.17. The number of anilines is 1. The minimum absolute atomic E-state index is 0.492. The van der Waals surface area contributed by atoms with E-state index in [1.807, 2.05) is 18.3 Å². The monoisotopic (exact) mass is 336 g/mol. The Morgan fingerprint density at radius 1 is 0.833 bits per heavy atom. The number of rotatable bonds is 6. The first-order chi connectivity index (χ1) is 11.8. The molecule has 0 saturated heterocycles. The molecule has 0 fully saturated rings. The van der Waals surface area contributed by atoms with Crippen LogP contribution in [0, 0.1) is 6.92 Å². The molecule has 2 nitrogen and oxygen atoms in total. The molecule has 0 saturated carbocycles. The molecule has 0 radical (unpaired) electrons. The van der Waals surface area contributed by atoms with Gasteiger partial charge in [0, 0.05) is 25.2 Å². The number of aryl methyl sites for hydroxylation is 1. The van der Waals surface area contributed by atoms with Gasteiger partial charge in [-0.1, -0.05) is 60.7 Å². The van der Waals surface area contributed by atoms with Crippen LogP contribution in [-0.4, -0.2) is 4.98 Å². The first-order valence-corrected chi connectivity index (χ1v) is 8.64. The number of alkyl halides is 1. The Morgan fingerprint density at radius 2 is 1.38 bits per heavy atom. The molecule has 122 valence electrons. The van der Waals surface area contributed by atoms with E-state index in [0.29, 0.717) is 5.88 Å². The Labute approximate surface area is 148 Å². The maximum Gasteiger partial charge on any atom is 0.132 e. The lowest BCUT2D eigenvalue weighted by Gasteiger charge is -2.26. The van der Waals surface area contributed by atoms with E-state index in [-0.39, 0.29) is 0 Å². The summed E-state index contributed by atoms with van der Waals surface area (Å²) in [5.41, 5.74) is 4.75. The zero-order valence-corrected chi connectivity index (χ0v) is 14.6. The van der Waals surface area contributed by atoms with Gasteiger partial charge in [0.25, 0.3) is 0 Å². The van der Waals surface area contributed by atoms with Gasteiger partial charge in [-0.05, 0) is 35.2 Å². The van der Waals surface area contributed by atoms with Crippen LogP contribution in [0.1, 0.15) is 22.3 Å². The van der Waals surface area contributed by atoms with Crippen molar-refractivity contribution in [1.82, 2.24) is 4.98 Å². The van der Waals surface area contributed by atoms with Crippen LogP contribution in [-0.2, 0) is 19.0 Å². The topological polar surface area (TPSA) is 16.1 Å². The quantitative estimate of drug-likeness (QED) is 0.565. The molecule has 0 aliphatic rings. The highest BCUT2D eigenvalue weighted by Crippen LogP contribution is 2.23. The van der Waals surface area contributed by atoms with Gasteiger partial charge in [0.05, 0.1) is 0 Å². The number of pyridine rings is 1. The van der Waals surface area contributed by atoms with Gasteiger partial charge >= 0.3 is 0 Å². The SMILES string of the molecule is Cc1cc(CCl)cnc1N(Cc1ccccc1)Cc1ccccc1. The van der Waals surface area contributed by atoms with Crippen molar-refractivity contribution in [3.05, 3.63) is 95.2 Å². The first-order valence-electron chi connectivity index (χ1n) is 8.10. The Morgan fingerprint density at radius 3 is 1.83 bits per heavy atom. The molecular weight excluding hydrogens is 316 g/mol. The third-order valence-corrected chi connectivity index (χ3v) is 4.30. The number of benzene rings is 2. The summed E-state index contributed by atoms with van der Waals surface area (Å²) in [5, 5.41) is 0. The Balaban J connectivity index is 1.92. The van der Waals surface area contributed by atoms with Crippen LogP contribution in [0.4, 0.5) is 5.82 Å². The normalized spacial score (nSPS) is 10.6. The van der Waals surface area contributed by atoms with E-state index in [9.17, 15) is 0 Å². The van der Waals surface area contributed by atoms with Crippen molar-refractivity contribution >= 4 is 17.4 Å². The molecule has 0 amide bonds. The lowest BCUT2D eigenvalue weighted by Crippen LogP contribution is -2.24. The fourth-order valence-corrected chi connectivity index (χ4v) is 2.99. The molecule has 2 aromatic carbocycles. The molecule has 3 aromatic rings. The van der Waals surface area contributed by atoms with Gasteiger partial charge in [-0.15, -0.1) is 11.6 Å². The van der Waals surface area contributed by atoms with Crippen LogP contribution < -0.4 is 4.90 Å². The fourth-order valence-electron chi connectivity index (χ4n) is 2.84. The largest absolute Gasteiger partial charge is 0.348 e. The molecular formula is C21H21ClN2. The first kappa shape index (κ1) is 16.5. The Hall–Kier alpha value is -2.32. The van der Waals surface area contributed by atoms with Crippen molar-refractivity contribution in [2.24, 2.45) is 0 Å². The van der Waals surface area contributed by atoms with Gasteiger partial charge in [0.2, 0.25) is 0 Å². The highest BCUT2D eigenvalue weighted by Gasteiger charge is 2.13. The number of halogens is 1. The van der Waals surface area contributed by atoms with Crippen molar-refractivity contribution < 1.29 is 0 Å². The Kier molecular flexibility index (Phi) is 5.50. The highest BCUT2D eigenvalue weighted by atomic mass is 35.5. The summed E-state index contributed by atoms with van der Waals surface area (Å²) >= 11 is 5.94. The average Bonchev–Trinajstić information content (AvgIpc) is 2.63. The van der Waals surface area contributed by atoms with Gasteiger partial charge in [-0.2, -0.15) is 0 Å². The standard InChI is InChI=1S/C21H21ClN2/c1-17-12-20(13-22)14-23-21(17)24(15-18-8-4-2-5-9-18)16-19-10-6-3-7-11-19/h2-12,14H,13,15-16H2,1H3. The number of hydrogen-bond acceptors (Lipinski definition) is 2. The molecule has 24 heavy (non-hydrogen) atoms. The molecule has 0 unspecified atom stereocenters. The number of nitrogens with zero attached hydrogens (tertiary/aromatic N) is 2. The smallest absolute Gasteiger partial charge is 0.132 e. The third-order valence-electron chi connectivity index (χ3n) is 3.99. The molecule has 0 aliphatic carbocycles. The molecule has 0 N–H and O–H groups in total. The minimum Gasteiger partial charge on any atom is -0.348 e. The predicted octanol–water partition coefficient (Wildman–Crippen LogP) is 5.34. The Bertz CT molecular complexity index is 731. The molecule has 0 bridgehead atoms. The second-order valence-corrected chi connectivity index (χ2v) is 6.21. The van der Waals surface area contributed by atoms with Gasteiger partial charge in [0.15, 0.2) is 0 Å². The van der Waals surface area contributed by atoms with Crippen LogP contribution in [0.2, 0.25) is 0 Å². The molecule has 0 aliphatic heterocycles. The van der Waals surface area contributed by atoms with E-state index in [1.165, 1.54) is 11.1 Å². The van der Waals surface area contributed by atoms with Crippen molar-refractivity contribution in [2.45, 2.75) is 25.9 Å². The number of aromatic nitrogens is 1. The third kappa shape index (κ3) is 4.15. The van der Waals surface area contributed by atoms with Crippen LogP contribution in [0.15, 0.2) is 72.9 Å². The van der Waals surface area contributed by atoms with E-state index in [0.717, 1.165) is 30.0 Å². The molecule has 3 rings (SSSR count). The summed E-state index contributed by atoms with van der Waals surface area (Å²) in [7, 11) is 0. The van der Waals surface area contributed by atoms with E-state index < -0.39 is 0 Å². The lowest BCUT2D eigenvalue weighted by atomic mass is 10.1. The summed E-state index contributed by atoms with van der Waals surface area (Å²) < 4.78 is 0. The van der Waals surface area contributed by atoms with Gasteiger partial charge in [-0.25, -0.2) is 4.98 Å². The van der Waals surface area contributed by atoms with Crippen LogP contribution >= 0.6 is 11.6 Å². The van der Waals surface area contributed by atoms with Gasteiger partial charge in [-0.3, -0.25) is 0 Å². The fraction of sp³-hybridized carbons (Fsp3) is 0.190. The van der Waals surface area contributed by atoms with Crippen molar-refractivity contribution in [3.63, 3.8) is 0 Å². The molecule has 0 spiro atoms. The maximum absolute atomic E-state index is 5.94. The molecule has 0 atom stereocenters. The van der Waals surface area contributed by atoms with E-state index in [2.05, 4.69) is 71.4 Å². The van der Waals surface area contributed by atoms with Gasteiger partial charge in [0.1, 0.15) is 5.82 Å². The average molecular weight is 337 g/mol. The van der Waals surface area contributed by atoms with Crippen LogP contribution in [0.3, 0.4) is 0 Å². The summed E-state index contributed by atoms with van der Waals surface area (Å²) in [5.74, 6) is 1.50. The summed E-state index contributed by atoms with van der Waals surface area (Å²) in [4.78, 5) is 7.00. The summed E-state index contributed by atoms with van der Waals surface area (Å²) in [6.07, 6.45) is 1.87.